The molecule has 0 aliphatic heterocycles. The van der Waals surface area contributed by atoms with Crippen LogP contribution in [0.25, 0.3) is 0 Å². The number of aliphatic hydroxyl groups is 1. The van der Waals surface area contributed by atoms with Crippen LogP contribution in [0.1, 0.15) is 24.1 Å². The molecule has 5 N–H and O–H groups in total. The summed E-state index contributed by atoms with van der Waals surface area (Å²) in [5.41, 5.74) is 13.6. The lowest BCUT2D eigenvalue weighted by atomic mass is 10.0. The molecule has 0 aromatic heterocycles. The van der Waals surface area contributed by atoms with Crippen LogP contribution >= 0.6 is 11.6 Å². The number of nitrogen functional groups attached to an aromatic ring is 1. The van der Waals surface area contributed by atoms with Gasteiger partial charge in [0.2, 0.25) is 0 Å². The molecule has 0 aliphatic carbocycles. The average Bonchev–Trinajstić information content (AvgIpc) is 2.13. The molecular weight excluding hydrogens is 200 g/mol. The van der Waals surface area contributed by atoms with Crippen LogP contribution in [-0.4, -0.2) is 11.2 Å². The van der Waals surface area contributed by atoms with Gasteiger partial charge in [0, 0.05) is 5.69 Å². The van der Waals surface area contributed by atoms with E-state index in [-0.39, 0.29) is 0 Å². The van der Waals surface area contributed by atoms with E-state index in [9.17, 15) is 5.11 Å². The van der Waals surface area contributed by atoms with Gasteiger partial charge in [0.1, 0.15) is 0 Å². The third-order valence-corrected chi connectivity index (χ3v) is 2.84. The molecule has 0 saturated carbocycles. The van der Waals surface area contributed by atoms with E-state index in [0.717, 1.165) is 11.1 Å². The summed E-state index contributed by atoms with van der Waals surface area (Å²) in [7, 11) is 0. The minimum atomic E-state index is -0.629. The Morgan fingerprint density at radius 2 is 2.00 bits per heavy atom. The topological polar surface area (TPSA) is 72.3 Å². The second-order valence-electron chi connectivity index (χ2n) is 3.45. The van der Waals surface area contributed by atoms with Crippen LogP contribution in [0.5, 0.6) is 0 Å². The van der Waals surface area contributed by atoms with Crippen LogP contribution < -0.4 is 11.5 Å². The van der Waals surface area contributed by atoms with Crippen LogP contribution in [0.3, 0.4) is 0 Å². The molecule has 0 spiro atoms. The van der Waals surface area contributed by atoms with Crippen molar-refractivity contribution in [1.82, 2.24) is 0 Å². The quantitative estimate of drug-likeness (QED) is 0.655. The largest absolute Gasteiger partial charge is 0.398 e. The van der Waals surface area contributed by atoms with E-state index in [4.69, 9.17) is 23.1 Å². The van der Waals surface area contributed by atoms with Crippen LogP contribution in [0.4, 0.5) is 5.69 Å². The molecule has 1 aromatic carbocycles. The number of halogens is 1. The van der Waals surface area contributed by atoms with Gasteiger partial charge in [0.05, 0.1) is 17.2 Å². The third-order valence-electron chi connectivity index (χ3n) is 2.34. The first kappa shape index (κ1) is 11.3. The SMILES string of the molecule is Cc1c(N)ccc([C@H](N)[C@@H](C)O)c1Cl. The first-order valence-corrected chi connectivity index (χ1v) is 4.81. The summed E-state index contributed by atoms with van der Waals surface area (Å²) in [6, 6.07) is 3.03. The van der Waals surface area contributed by atoms with E-state index in [2.05, 4.69) is 0 Å². The minimum Gasteiger partial charge on any atom is -0.398 e. The predicted molar refractivity (Wildman–Crippen MR) is 59.2 cm³/mol. The van der Waals surface area contributed by atoms with E-state index in [1.54, 1.807) is 19.1 Å². The first-order valence-electron chi connectivity index (χ1n) is 4.43. The number of aliphatic hydroxyl groups excluding tert-OH is 1. The predicted octanol–water partition coefficient (Wildman–Crippen LogP) is 1.61. The number of benzene rings is 1. The summed E-state index contributed by atoms with van der Waals surface area (Å²) in [6.07, 6.45) is -0.629. The molecule has 1 rings (SSSR count). The normalized spacial score (nSPS) is 15.2. The number of hydrogen-bond acceptors (Lipinski definition) is 3. The van der Waals surface area contributed by atoms with Crippen molar-refractivity contribution in [3.05, 3.63) is 28.3 Å². The molecular formula is C10H15ClN2O. The van der Waals surface area contributed by atoms with Gasteiger partial charge in [-0.25, -0.2) is 0 Å². The van der Waals surface area contributed by atoms with Gasteiger partial charge >= 0.3 is 0 Å². The van der Waals surface area contributed by atoms with Crippen molar-refractivity contribution < 1.29 is 5.11 Å². The zero-order valence-electron chi connectivity index (χ0n) is 8.29. The monoisotopic (exact) mass is 214 g/mol. The zero-order valence-corrected chi connectivity index (χ0v) is 9.05. The van der Waals surface area contributed by atoms with Gasteiger partial charge in [-0.2, -0.15) is 0 Å². The van der Waals surface area contributed by atoms with E-state index in [1.807, 2.05) is 6.92 Å². The Hall–Kier alpha value is -0.770. The van der Waals surface area contributed by atoms with E-state index < -0.39 is 12.1 Å². The molecule has 0 radical (unpaired) electrons. The van der Waals surface area contributed by atoms with Crippen molar-refractivity contribution in [2.45, 2.75) is 26.0 Å². The van der Waals surface area contributed by atoms with Crippen LogP contribution in [-0.2, 0) is 0 Å². The average molecular weight is 215 g/mol. The van der Waals surface area contributed by atoms with Gasteiger partial charge in [-0.3, -0.25) is 0 Å². The second kappa shape index (κ2) is 4.17. The van der Waals surface area contributed by atoms with Gasteiger partial charge in [0.25, 0.3) is 0 Å². The molecule has 1 aromatic rings. The number of anilines is 1. The fourth-order valence-corrected chi connectivity index (χ4v) is 1.54. The molecule has 4 heteroatoms. The highest BCUT2D eigenvalue weighted by Crippen LogP contribution is 2.30. The van der Waals surface area contributed by atoms with Crippen LogP contribution in [0.15, 0.2) is 12.1 Å². The number of rotatable bonds is 2. The summed E-state index contributed by atoms with van der Waals surface area (Å²) >= 11 is 6.07. The van der Waals surface area contributed by atoms with Gasteiger partial charge < -0.3 is 16.6 Å². The van der Waals surface area contributed by atoms with Crippen LogP contribution in [0, 0.1) is 6.92 Å². The zero-order chi connectivity index (χ0) is 10.9. The lowest BCUT2D eigenvalue weighted by Gasteiger charge is -2.18. The fourth-order valence-electron chi connectivity index (χ4n) is 1.24. The molecule has 0 fully saturated rings. The standard InChI is InChI=1S/C10H15ClN2O/c1-5-8(12)4-3-7(9(5)11)10(13)6(2)14/h3-4,6,10,14H,12-13H2,1-2H3/t6-,10-/m1/s1. The molecule has 0 amide bonds. The fraction of sp³-hybridized carbons (Fsp3) is 0.400. The Labute approximate surface area is 88.7 Å². The molecule has 2 atom stereocenters. The first-order chi connectivity index (χ1) is 6.45. The van der Waals surface area contributed by atoms with E-state index in [1.165, 1.54) is 0 Å². The van der Waals surface area contributed by atoms with E-state index in [0.29, 0.717) is 10.7 Å². The number of nitrogens with two attached hydrogens (primary N) is 2. The van der Waals surface area contributed by atoms with Gasteiger partial charge in [-0.1, -0.05) is 17.7 Å². The Morgan fingerprint density at radius 3 is 2.50 bits per heavy atom. The van der Waals surface area contributed by atoms with Gasteiger partial charge in [0.15, 0.2) is 0 Å². The smallest absolute Gasteiger partial charge is 0.0705 e. The minimum absolute atomic E-state index is 0.471. The molecule has 0 heterocycles. The van der Waals surface area contributed by atoms with Gasteiger partial charge in [-0.15, -0.1) is 0 Å². The van der Waals surface area contributed by atoms with Crippen LogP contribution in [0.2, 0.25) is 5.02 Å². The van der Waals surface area contributed by atoms with Crippen molar-refractivity contribution in [3.63, 3.8) is 0 Å². The van der Waals surface area contributed by atoms with Crippen molar-refractivity contribution in [1.29, 1.82) is 0 Å². The summed E-state index contributed by atoms with van der Waals surface area (Å²) in [5.74, 6) is 0. The molecule has 78 valence electrons. The summed E-state index contributed by atoms with van der Waals surface area (Å²) in [4.78, 5) is 0. The molecule has 3 nitrogen and oxygen atoms in total. The van der Waals surface area contributed by atoms with Gasteiger partial charge in [-0.05, 0) is 31.0 Å². The maximum Gasteiger partial charge on any atom is 0.0705 e. The van der Waals surface area contributed by atoms with Crippen molar-refractivity contribution in [2.24, 2.45) is 5.73 Å². The lowest BCUT2D eigenvalue weighted by molar-refractivity contribution is 0.164. The van der Waals surface area contributed by atoms with Crippen molar-refractivity contribution in [3.8, 4) is 0 Å². The van der Waals surface area contributed by atoms with E-state index >= 15 is 0 Å². The Bertz CT molecular complexity index is 339. The molecule has 0 saturated heterocycles. The Kier molecular flexibility index (Phi) is 3.37. The molecule has 14 heavy (non-hydrogen) atoms. The maximum absolute atomic E-state index is 9.34. The number of hydrogen-bond donors (Lipinski definition) is 3. The summed E-state index contributed by atoms with van der Waals surface area (Å²) in [6.45, 7) is 3.46. The summed E-state index contributed by atoms with van der Waals surface area (Å²) < 4.78 is 0. The highest BCUT2D eigenvalue weighted by atomic mass is 35.5. The Morgan fingerprint density at radius 1 is 1.43 bits per heavy atom. The molecule has 0 bridgehead atoms. The van der Waals surface area contributed by atoms with Crippen molar-refractivity contribution in [2.75, 3.05) is 5.73 Å². The molecule has 0 unspecified atom stereocenters. The second-order valence-corrected chi connectivity index (χ2v) is 3.83. The highest BCUT2D eigenvalue weighted by Gasteiger charge is 2.16. The summed E-state index contributed by atoms with van der Waals surface area (Å²) in [5, 5.41) is 9.88. The Balaban J connectivity index is 3.17. The maximum atomic E-state index is 9.34. The lowest BCUT2D eigenvalue weighted by Crippen LogP contribution is -2.23. The molecule has 0 aliphatic rings. The van der Waals surface area contributed by atoms with Crippen molar-refractivity contribution >= 4 is 17.3 Å². The highest BCUT2D eigenvalue weighted by molar-refractivity contribution is 6.32. The third kappa shape index (κ3) is 2.00.